The van der Waals surface area contributed by atoms with Crippen LogP contribution in [0.1, 0.15) is 13.3 Å². The monoisotopic (exact) mass is 201 g/mol. The average molecular weight is 201 g/mol. The van der Waals surface area contributed by atoms with E-state index in [2.05, 4.69) is 5.32 Å². The molecule has 14 heavy (non-hydrogen) atoms. The molecule has 1 aliphatic heterocycles. The molecule has 0 aromatic rings. The second-order valence-electron chi connectivity index (χ2n) is 3.61. The standard InChI is InChI=1S/C9H19N3O2/c1-2-7(13)8(9(10)14)12-5-3-11-4-6-12/h7-8,11,13H,2-6H2,1H3,(H2,10,14). The minimum Gasteiger partial charge on any atom is -0.391 e. The number of aliphatic hydroxyl groups is 1. The lowest BCUT2D eigenvalue weighted by Gasteiger charge is -2.35. The van der Waals surface area contributed by atoms with Crippen LogP contribution < -0.4 is 11.1 Å². The quantitative estimate of drug-likeness (QED) is 0.518. The molecule has 0 bridgehead atoms. The van der Waals surface area contributed by atoms with Gasteiger partial charge in [-0.2, -0.15) is 0 Å². The second-order valence-corrected chi connectivity index (χ2v) is 3.61. The van der Waals surface area contributed by atoms with Crippen LogP contribution in [0.5, 0.6) is 0 Å². The topological polar surface area (TPSA) is 78.6 Å². The zero-order valence-corrected chi connectivity index (χ0v) is 8.57. The van der Waals surface area contributed by atoms with E-state index >= 15 is 0 Å². The Morgan fingerprint density at radius 3 is 2.57 bits per heavy atom. The molecule has 1 fully saturated rings. The first-order valence-electron chi connectivity index (χ1n) is 5.09. The van der Waals surface area contributed by atoms with E-state index in [-0.39, 0.29) is 0 Å². The average Bonchev–Trinajstić information content (AvgIpc) is 2.19. The molecule has 0 aromatic carbocycles. The van der Waals surface area contributed by atoms with Gasteiger partial charge in [-0.25, -0.2) is 0 Å². The molecular formula is C9H19N3O2. The number of piperazine rings is 1. The summed E-state index contributed by atoms with van der Waals surface area (Å²) in [5.41, 5.74) is 5.28. The van der Waals surface area contributed by atoms with E-state index in [4.69, 9.17) is 5.73 Å². The van der Waals surface area contributed by atoms with Crippen molar-refractivity contribution in [3.8, 4) is 0 Å². The molecule has 1 aliphatic rings. The fourth-order valence-corrected chi connectivity index (χ4v) is 1.80. The third kappa shape index (κ3) is 2.67. The third-order valence-electron chi connectivity index (χ3n) is 2.62. The number of rotatable bonds is 4. The van der Waals surface area contributed by atoms with Crippen molar-refractivity contribution in [1.82, 2.24) is 10.2 Å². The summed E-state index contributed by atoms with van der Waals surface area (Å²) >= 11 is 0. The zero-order chi connectivity index (χ0) is 10.6. The van der Waals surface area contributed by atoms with Gasteiger partial charge in [-0.1, -0.05) is 6.92 Å². The summed E-state index contributed by atoms with van der Waals surface area (Å²) in [5.74, 6) is -0.429. The molecule has 0 aromatic heterocycles. The maximum atomic E-state index is 11.2. The number of amides is 1. The zero-order valence-electron chi connectivity index (χ0n) is 8.57. The number of primary amides is 1. The largest absolute Gasteiger partial charge is 0.391 e. The van der Waals surface area contributed by atoms with Crippen molar-refractivity contribution in [1.29, 1.82) is 0 Å². The van der Waals surface area contributed by atoms with E-state index < -0.39 is 18.1 Å². The summed E-state index contributed by atoms with van der Waals surface area (Å²) in [6, 6.07) is -0.526. The van der Waals surface area contributed by atoms with Crippen LogP contribution in [0, 0.1) is 0 Å². The first-order valence-corrected chi connectivity index (χ1v) is 5.09. The number of carbonyl (C=O) groups is 1. The summed E-state index contributed by atoms with van der Waals surface area (Å²) in [4.78, 5) is 13.2. The molecule has 2 atom stereocenters. The van der Waals surface area contributed by atoms with E-state index in [0.29, 0.717) is 6.42 Å². The molecule has 82 valence electrons. The number of nitrogens with one attached hydrogen (secondary N) is 1. The summed E-state index contributed by atoms with van der Waals surface area (Å²) in [6.07, 6.45) is -0.0945. The third-order valence-corrected chi connectivity index (χ3v) is 2.62. The molecule has 1 heterocycles. The summed E-state index contributed by atoms with van der Waals surface area (Å²) in [6.45, 7) is 5.08. The normalized spacial score (nSPS) is 23.0. The minimum absolute atomic E-state index is 0.429. The van der Waals surface area contributed by atoms with Gasteiger partial charge in [-0.05, 0) is 6.42 Å². The Labute approximate surface area is 84.3 Å². The Kier molecular flexibility index (Phi) is 4.31. The molecule has 1 saturated heterocycles. The van der Waals surface area contributed by atoms with Crippen LogP contribution >= 0.6 is 0 Å². The van der Waals surface area contributed by atoms with Gasteiger partial charge in [0.05, 0.1) is 6.10 Å². The van der Waals surface area contributed by atoms with Crippen molar-refractivity contribution in [3.63, 3.8) is 0 Å². The Morgan fingerprint density at radius 2 is 2.14 bits per heavy atom. The molecular weight excluding hydrogens is 182 g/mol. The number of carbonyl (C=O) groups excluding carboxylic acids is 1. The smallest absolute Gasteiger partial charge is 0.237 e. The number of hydrogen-bond acceptors (Lipinski definition) is 4. The van der Waals surface area contributed by atoms with Crippen LogP contribution in [0.15, 0.2) is 0 Å². The van der Waals surface area contributed by atoms with Crippen LogP contribution in [-0.2, 0) is 4.79 Å². The van der Waals surface area contributed by atoms with Gasteiger partial charge in [0.15, 0.2) is 0 Å². The van der Waals surface area contributed by atoms with Crippen molar-refractivity contribution in [2.75, 3.05) is 26.2 Å². The van der Waals surface area contributed by atoms with Gasteiger partial charge in [-0.3, -0.25) is 9.69 Å². The SMILES string of the molecule is CCC(O)C(C(N)=O)N1CCNCC1. The molecule has 5 heteroatoms. The van der Waals surface area contributed by atoms with E-state index in [1.807, 2.05) is 11.8 Å². The van der Waals surface area contributed by atoms with E-state index in [1.54, 1.807) is 0 Å². The van der Waals surface area contributed by atoms with E-state index in [9.17, 15) is 9.90 Å². The predicted octanol–water partition coefficient (Wildman–Crippen LogP) is -1.48. The number of nitrogens with two attached hydrogens (primary N) is 1. The Balaban J connectivity index is 2.60. The molecule has 1 amide bonds. The highest BCUT2D eigenvalue weighted by atomic mass is 16.3. The van der Waals surface area contributed by atoms with Crippen LogP contribution in [0.3, 0.4) is 0 Å². The number of hydrogen-bond donors (Lipinski definition) is 3. The van der Waals surface area contributed by atoms with Crippen LogP contribution in [-0.4, -0.2) is 54.2 Å². The van der Waals surface area contributed by atoms with Gasteiger partial charge in [0.25, 0.3) is 0 Å². The van der Waals surface area contributed by atoms with Crippen LogP contribution in [0.2, 0.25) is 0 Å². The fraction of sp³-hybridized carbons (Fsp3) is 0.889. The van der Waals surface area contributed by atoms with Gasteiger partial charge < -0.3 is 16.2 Å². The lowest BCUT2D eigenvalue weighted by Crippen LogP contribution is -2.57. The Hall–Kier alpha value is -0.650. The molecule has 2 unspecified atom stereocenters. The van der Waals surface area contributed by atoms with Gasteiger partial charge in [0, 0.05) is 26.2 Å². The second kappa shape index (κ2) is 5.29. The predicted molar refractivity (Wildman–Crippen MR) is 53.7 cm³/mol. The highest BCUT2D eigenvalue weighted by Gasteiger charge is 2.30. The minimum atomic E-state index is -0.648. The fourth-order valence-electron chi connectivity index (χ4n) is 1.80. The van der Waals surface area contributed by atoms with Crippen molar-refractivity contribution in [2.24, 2.45) is 5.73 Å². The molecule has 0 saturated carbocycles. The highest BCUT2D eigenvalue weighted by Crippen LogP contribution is 2.08. The Bertz CT molecular complexity index is 192. The maximum absolute atomic E-state index is 11.2. The van der Waals surface area contributed by atoms with Crippen molar-refractivity contribution in [2.45, 2.75) is 25.5 Å². The molecule has 4 N–H and O–H groups in total. The lowest BCUT2D eigenvalue weighted by molar-refractivity contribution is -0.127. The first-order chi connectivity index (χ1) is 6.66. The molecule has 0 spiro atoms. The van der Waals surface area contributed by atoms with Gasteiger partial charge in [0.1, 0.15) is 6.04 Å². The van der Waals surface area contributed by atoms with Gasteiger partial charge in [0.2, 0.25) is 5.91 Å². The van der Waals surface area contributed by atoms with Gasteiger partial charge >= 0.3 is 0 Å². The summed E-state index contributed by atoms with van der Waals surface area (Å²) in [5, 5.41) is 12.9. The molecule has 1 rings (SSSR count). The molecule has 5 nitrogen and oxygen atoms in total. The summed E-state index contributed by atoms with van der Waals surface area (Å²) < 4.78 is 0. The van der Waals surface area contributed by atoms with Gasteiger partial charge in [-0.15, -0.1) is 0 Å². The maximum Gasteiger partial charge on any atom is 0.237 e. The van der Waals surface area contributed by atoms with Crippen molar-refractivity contribution < 1.29 is 9.90 Å². The van der Waals surface area contributed by atoms with Crippen LogP contribution in [0.4, 0.5) is 0 Å². The number of nitrogens with zero attached hydrogens (tertiary/aromatic N) is 1. The lowest BCUT2D eigenvalue weighted by atomic mass is 10.1. The summed E-state index contributed by atoms with van der Waals surface area (Å²) in [7, 11) is 0. The molecule has 0 radical (unpaired) electrons. The molecule has 0 aliphatic carbocycles. The van der Waals surface area contributed by atoms with E-state index in [1.165, 1.54) is 0 Å². The Morgan fingerprint density at radius 1 is 1.57 bits per heavy atom. The van der Waals surface area contributed by atoms with Crippen molar-refractivity contribution in [3.05, 3.63) is 0 Å². The van der Waals surface area contributed by atoms with Crippen LogP contribution in [0.25, 0.3) is 0 Å². The van der Waals surface area contributed by atoms with E-state index in [0.717, 1.165) is 26.2 Å². The first kappa shape index (κ1) is 11.4. The number of aliphatic hydroxyl groups excluding tert-OH is 1. The highest BCUT2D eigenvalue weighted by molar-refractivity contribution is 5.80. The van der Waals surface area contributed by atoms with Crippen molar-refractivity contribution >= 4 is 5.91 Å².